The van der Waals surface area contributed by atoms with Crippen LogP contribution >= 0.6 is 0 Å². The molecule has 2 rings (SSSR count). The van der Waals surface area contributed by atoms with Crippen LogP contribution in [0.3, 0.4) is 0 Å². The van der Waals surface area contributed by atoms with E-state index in [0.717, 1.165) is 38.8 Å². The van der Waals surface area contributed by atoms with Gasteiger partial charge in [0.15, 0.2) is 0 Å². The van der Waals surface area contributed by atoms with Gasteiger partial charge in [0.2, 0.25) is 0 Å². The third kappa shape index (κ3) is 2.88. The maximum Gasteiger partial charge on any atom is 0.324 e. The van der Waals surface area contributed by atoms with Gasteiger partial charge in [0.1, 0.15) is 5.54 Å². The van der Waals surface area contributed by atoms with Crippen molar-refractivity contribution in [3.05, 3.63) is 35.9 Å². The maximum atomic E-state index is 11.8. The number of aliphatic carboxylic acids is 1. The van der Waals surface area contributed by atoms with Crippen LogP contribution < -0.4 is 0 Å². The number of nitrogens with zero attached hydrogens (tertiary/aromatic N) is 1. The number of benzene rings is 1. The second-order valence-electron chi connectivity index (χ2n) is 5.95. The number of hydrogen-bond acceptors (Lipinski definition) is 2. The molecule has 1 heterocycles. The van der Waals surface area contributed by atoms with Crippen LogP contribution in [0, 0.1) is 0 Å². The molecule has 2 unspecified atom stereocenters. The van der Waals surface area contributed by atoms with Crippen molar-refractivity contribution in [3.8, 4) is 0 Å². The van der Waals surface area contributed by atoms with Gasteiger partial charge in [-0.05, 0) is 37.3 Å². The van der Waals surface area contributed by atoms with Gasteiger partial charge in [-0.3, -0.25) is 9.69 Å². The summed E-state index contributed by atoms with van der Waals surface area (Å²) in [4.78, 5) is 14.0. The molecule has 0 aromatic heterocycles. The molecule has 1 saturated heterocycles. The zero-order valence-electron chi connectivity index (χ0n) is 12.5. The van der Waals surface area contributed by atoms with Crippen LogP contribution in [0.1, 0.15) is 51.0 Å². The summed E-state index contributed by atoms with van der Waals surface area (Å²) in [5, 5.41) is 9.71. The van der Waals surface area contributed by atoms with E-state index >= 15 is 0 Å². The first-order valence-corrected chi connectivity index (χ1v) is 7.63. The monoisotopic (exact) mass is 275 g/mol. The Morgan fingerprint density at radius 1 is 1.40 bits per heavy atom. The molecule has 1 fully saturated rings. The average molecular weight is 275 g/mol. The summed E-state index contributed by atoms with van der Waals surface area (Å²) in [5.74, 6) is -0.276. The summed E-state index contributed by atoms with van der Waals surface area (Å²) in [6, 6.07) is 10.4. The molecule has 1 N–H and O–H groups in total. The van der Waals surface area contributed by atoms with E-state index in [9.17, 15) is 9.90 Å². The van der Waals surface area contributed by atoms with Crippen molar-refractivity contribution in [3.63, 3.8) is 0 Å². The fourth-order valence-corrected chi connectivity index (χ4v) is 3.46. The molecule has 1 aromatic carbocycles. The predicted octanol–water partition coefficient (Wildman–Crippen LogP) is 3.51. The first kappa shape index (κ1) is 15.0. The molecule has 2 atom stereocenters. The van der Waals surface area contributed by atoms with E-state index in [1.165, 1.54) is 5.56 Å². The van der Waals surface area contributed by atoms with E-state index in [1.54, 1.807) is 0 Å². The highest BCUT2D eigenvalue weighted by atomic mass is 16.4. The minimum Gasteiger partial charge on any atom is -0.480 e. The molecule has 1 aliphatic rings. The molecule has 3 nitrogen and oxygen atoms in total. The third-order valence-corrected chi connectivity index (χ3v) is 4.55. The number of carbonyl (C=O) groups is 1. The Balaban J connectivity index is 2.13. The van der Waals surface area contributed by atoms with Crippen molar-refractivity contribution in [2.45, 2.75) is 51.0 Å². The lowest BCUT2D eigenvalue weighted by Gasteiger charge is -2.36. The minimum atomic E-state index is -0.642. The van der Waals surface area contributed by atoms with Crippen LogP contribution in [0.4, 0.5) is 0 Å². The molecule has 0 spiro atoms. The largest absolute Gasteiger partial charge is 0.480 e. The first-order valence-electron chi connectivity index (χ1n) is 7.63. The number of carboxylic acid groups (broad SMARTS) is 1. The highest BCUT2D eigenvalue weighted by molar-refractivity contribution is 5.79. The highest BCUT2D eigenvalue weighted by Crippen LogP contribution is 2.35. The number of carboxylic acids is 1. The Morgan fingerprint density at radius 2 is 2.10 bits per heavy atom. The SMILES string of the molecule is CCCC1(C(=O)O)CCCN1CC(C)c1ccccc1. The van der Waals surface area contributed by atoms with E-state index in [2.05, 4.69) is 30.9 Å². The quantitative estimate of drug-likeness (QED) is 0.863. The second kappa shape index (κ2) is 6.40. The normalized spacial score (nSPS) is 24.7. The molecule has 20 heavy (non-hydrogen) atoms. The van der Waals surface area contributed by atoms with Crippen LogP contribution in [-0.4, -0.2) is 34.6 Å². The van der Waals surface area contributed by atoms with Crippen LogP contribution in [0.5, 0.6) is 0 Å². The third-order valence-electron chi connectivity index (χ3n) is 4.55. The molecule has 1 aromatic rings. The maximum absolute atomic E-state index is 11.8. The standard InChI is InChI=1S/C17H25NO2/c1-3-10-17(16(19)20)11-7-12-18(17)13-14(2)15-8-5-4-6-9-15/h4-6,8-9,14H,3,7,10-13H2,1-2H3,(H,19,20). The fourth-order valence-electron chi connectivity index (χ4n) is 3.46. The zero-order valence-corrected chi connectivity index (χ0v) is 12.5. The van der Waals surface area contributed by atoms with Crippen LogP contribution in [0.15, 0.2) is 30.3 Å². The minimum absolute atomic E-state index is 0.366. The van der Waals surface area contributed by atoms with E-state index in [1.807, 2.05) is 18.2 Å². The van der Waals surface area contributed by atoms with Crippen molar-refractivity contribution in [2.75, 3.05) is 13.1 Å². The van der Waals surface area contributed by atoms with Gasteiger partial charge in [-0.25, -0.2) is 0 Å². The Labute approximate surface area is 121 Å². The van der Waals surface area contributed by atoms with E-state index in [-0.39, 0.29) is 0 Å². The number of rotatable bonds is 6. The van der Waals surface area contributed by atoms with Gasteiger partial charge < -0.3 is 5.11 Å². The van der Waals surface area contributed by atoms with Gasteiger partial charge in [-0.15, -0.1) is 0 Å². The number of hydrogen-bond donors (Lipinski definition) is 1. The van der Waals surface area contributed by atoms with Crippen molar-refractivity contribution in [1.29, 1.82) is 0 Å². The molecule has 0 amide bonds. The molecular formula is C17H25NO2. The highest BCUT2D eigenvalue weighted by Gasteiger charge is 2.46. The summed E-state index contributed by atoms with van der Waals surface area (Å²) in [7, 11) is 0. The Kier molecular flexibility index (Phi) is 4.81. The predicted molar refractivity (Wildman–Crippen MR) is 80.9 cm³/mol. The molecule has 1 aliphatic heterocycles. The van der Waals surface area contributed by atoms with Gasteiger partial charge >= 0.3 is 5.97 Å². The average Bonchev–Trinajstić information content (AvgIpc) is 2.84. The molecular weight excluding hydrogens is 250 g/mol. The summed E-state index contributed by atoms with van der Waals surface area (Å²) in [6.07, 6.45) is 3.46. The molecule has 0 saturated carbocycles. The lowest BCUT2D eigenvalue weighted by Crippen LogP contribution is -2.51. The fraction of sp³-hybridized carbons (Fsp3) is 0.588. The molecule has 110 valence electrons. The van der Waals surface area contributed by atoms with E-state index in [0.29, 0.717) is 5.92 Å². The molecule has 3 heteroatoms. The van der Waals surface area contributed by atoms with E-state index < -0.39 is 11.5 Å². The molecule has 0 bridgehead atoms. The second-order valence-corrected chi connectivity index (χ2v) is 5.95. The van der Waals surface area contributed by atoms with Gasteiger partial charge in [0, 0.05) is 6.54 Å². The van der Waals surface area contributed by atoms with Crippen molar-refractivity contribution in [1.82, 2.24) is 4.90 Å². The van der Waals surface area contributed by atoms with Crippen molar-refractivity contribution in [2.24, 2.45) is 0 Å². The summed E-state index contributed by atoms with van der Waals surface area (Å²) < 4.78 is 0. The van der Waals surface area contributed by atoms with Gasteiger partial charge in [-0.1, -0.05) is 50.6 Å². The smallest absolute Gasteiger partial charge is 0.324 e. The first-order chi connectivity index (χ1) is 9.60. The van der Waals surface area contributed by atoms with Crippen LogP contribution in [-0.2, 0) is 4.79 Å². The van der Waals surface area contributed by atoms with Gasteiger partial charge in [0.05, 0.1) is 0 Å². The van der Waals surface area contributed by atoms with Crippen LogP contribution in [0.25, 0.3) is 0 Å². The zero-order chi connectivity index (χ0) is 14.6. The number of likely N-dealkylation sites (tertiary alicyclic amines) is 1. The van der Waals surface area contributed by atoms with Crippen LogP contribution in [0.2, 0.25) is 0 Å². The lowest BCUT2D eigenvalue weighted by molar-refractivity contribution is -0.150. The van der Waals surface area contributed by atoms with Crippen molar-refractivity contribution < 1.29 is 9.90 Å². The molecule has 0 aliphatic carbocycles. The molecule has 0 radical (unpaired) electrons. The Bertz CT molecular complexity index is 446. The summed E-state index contributed by atoms with van der Waals surface area (Å²) in [5.41, 5.74) is 0.660. The Morgan fingerprint density at radius 3 is 2.70 bits per heavy atom. The topological polar surface area (TPSA) is 40.5 Å². The van der Waals surface area contributed by atoms with Crippen molar-refractivity contribution >= 4 is 5.97 Å². The lowest BCUT2D eigenvalue weighted by atomic mass is 9.89. The summed E-state index contributed by atoms with van der Waals surface area (Å²) in [6.45, 7) is 5.99. The Hall–Kier alpha value is -1.35. The van der Waals surface area contributed by atoms with E-state index in [4.69, 9.17) is 0 Å². The van der Waals surface area contributed by atoms with Gasteiger partial charge in [-0.2, -0.15) is 0 Å². The van der Waals surface area contributed by atoms with Gasteiger partial charge in [0.25, 0.3) is 0 Å². The summed E-state index contributed by atoms with van der Waals surface area (Å²) >= 11 is 0.